The van der Waals surface area contributed by atoms with Crippen molar-refractivity contribution in [1.82, 2.24) is 5.32 Å². The number of sulfonamides is 1. The van der Waals surface area contributed by atoms with Gasteiger partial charge in [0.2, 0.25) is 15.8 Å². The standard InChI is InChI=1S/C21H18N2O5S2/c1-27-14-7-9-16-17(11-14)28-20(19(16)13-5-3-2-4-6-13)21(24)23-12-15-8-10-18(29-15)30(22,25)26/h2-11H,12H2,1H3,(H,23,24)(H2,22,25,26). The van der Waals surface area contributed by atoms with Gasteiger partial charge in [0.25, 0.3) is 5.91 Å². The SMILES string of the molecule is COc1ccc2c(-c3ccccc3)c(C(=O)NCc3ccc(S(N)(=O)=O)s3)oc2c1. The molecule has 0 spiro atoms. The van der Waals surface area contributed by atoms with Gasteiger partial charge in [-0.2, -0.15) is 0 Å². The number of ether oxygens (including phenoxy) is 1. The number of nitrogens with one attached hydrogen (secondary N) is 1. The van der Waals surface area contributed by atoms with Gasteiger partial charge in [-0.15, -0.1) is 11.3 Å². The van der Waals surface area contributed by atoms with Crippen molar-refractivity contribution in [2.75, 3.05) is 7.11 Å². The molecule has 3 N–H and O–H groups in total. The van der Waals surface area contributed by atoms with Gasteiger partial charge in [0.05, 0.1) is 13.7 Å². The van der Waals surface area contributed by atoms with E-state index in [2.05, 4.69) is 5.32 Å². The van der Waals surface area contributed by atoms with E-state index >= 15 is 0 Å². The van der Waals surface area contributed by atoms with Crippen LogP contribution in [0.2, 0.25) is 0 Å². The van der Waals surface area contributed by atoms with Crippen molar-refractivity contribution >= 4 is 38.2 Å². The second-order valence-electron chi connectivity index (χ2n) is 6.48. The zero-order valence-corrected chi connectivity index (χ0v) is 17.5. The van der Waals surface area contributed by atoms with Gasteiger partial charge in [-0.05, 0) is 29.8 Å². The number of furan rings is 1. The number of nitrogens with two attached hydrogens (primary N) is 1. The summed E-state index contributed by atoms with van der Waals surface area (Å²) in [6, 6.07) is 17.9. The molecule has 2 aromatic heterocycles. The lowest BCUT2D eigenvalue weighted by atomic mass is 10.0. The molecule has 0 saturated carbocycles. The normalized spacial score (nSPS) is 11.5. The summed E-state index contributed by atoms with van der Waals surface area (Å²) < 4.78 is 34.1. The average molecular weight is 443 g/mol. The highest BCUT2D eigenvalue weighted by molar-refractivity contribution is 7.91. The highest BCUT2D eigenvalue weighted by Crippen LogP contribution is 2.36. The van der Waals surface area contributed by atoms with Gasteiger partial charge in [0, 0.05) is 21.9 Å². The van der Waals surface area contributed by atoms with Crippen LogP contribution >= 0.6 is 11.3 Å². The van der Waals surface area contributed by atoms with E-state index in [9.17, 15) is 13.2 Å². The Bertz CT molecular complexity index is 1320. The molecule has 4 rings (SSSR count). The van der Waals surface area contributed by atoms with Gasteiger partial charge >= 0.3 is 0 Å². The van der Waals surface area contributed by atoms with Crippen LogP contribution in [0.5, 0.6) is 5.75 Å². The Morgan fingerprint density at radius 1 is 1.13 bits per heavy atom. The minimum absolute atomic E-state index is 0.0487. The molecule has 7 nitrogen and oxygen atoms in total. The van der Waals surface area contributed by atoms with Gasteiger partial charge in [-0.25, -0.2) is 13.6 Å². The number of benzene rings is 2. The zero-order valence-electron chi connectivity index (χ0n) is 15.9. The predicted octanol–water partition coefficient (Wildman–Crippen LogP) is 3.75. The maximum Gasteiger partial charge on any atom is 0.287 e. The third kappa shape index (κ3) is 3.95. The Labute approximate surface area is 177 Å². The van der Waals surface area contributed by atoms with Gasteiger partial charge in [0.1, 0.15) is 15.5 Å². The second-order valence-corrected chi connectivity index (χ2v) is 9.44. The summed E-state index contributed by atoms with van der Waals surface area (Å²) in [6.07, 6.45) is 0. The minimum atomic E-state index is -3.76. The fraction of sp³-hybridized carbons (Fsp3) is 0.0952. The molecule has 0 atom stereocenters. The number of fused-ring (bicyclic) bond motifs is 1. The number of amides is 1. The summed E-state index contributed by atoms with van der Waals surface area (Å²) in [7, 11) is -2.20. The monoisotopic (exact) mass is 442 g/mol. The minimum Gasteiger partial charge on any atom is -0.497 e. The smallest absolute Gasteiger partial charge is 0.287 e. The molecule has 30 heavy (non-hydrogen) atoms. The predicted molar refractivity (Wildman–Crippen MR) is 115 cm³/mol. The van der Waals surface area contributed by atoms with Crippen LogP contribution in [0.25, 0.3) is 22.1 Å². The van der Waals surface area contributed by atoms with Gasteiger partial charge < -0.3 is 14.5 Å². The number of methoxy groups -OCH3 is 1. The third-order valence-corrected chi connectivity index (χ3v) is 7.03. The molecule has 0 radical (unpaired) electrons. The summed E-state index contributed by atoms with van der Waals surface area (Å²) in [5, 5.41) is 8.72. The summed E-state index contributed by atoms with van der Waals surface area (Å²) >= 11 is 1.01. The van der Waals surface area contributed by atoms with Crippen LogP contribution in [0.3, 0.4) is 0 Å². The van der Waals surface area contributed by atoms with E-state index in [1.165, 1.54) is 6.07 Å². The maximum absolute atomic E-state index is 13.0. The summed E-state index contributed by atoms with van der Waals surface area (Å²) in [5.41, 5.74) is 2.06. The molecule has 1 amide bonds. The summed E-state index contributed by atoms with van der Waals surface area (Å²) in [6.45, 7) is 0.146. The van der Waals surface area contributed by atoms with E-state index in [0.29, 0.717) is 21.8 Å². The number of carbonyl (C=O) groups excluding carboxylic acids is 1. The fourth-order valence-electron chi connectivity index (χ4n) is 3.11. The molecule has 0 bridgehead atoms. The largest absolute Gasteiger partial charge is 0.497 e. The van der Waals surface area contributed by atoms with E-state index < -0.39 is 15.9 Å². The third-order valence-electron chi connectivity index (χ3n) is 4.51. The van der Waals surface area contributed by atoms with Gasteiger partial charge in [0.15, 0.2) is 0 Å². The van der Waals surface area contributed by atoms with Crippen LogP contribution in [-0.4, -0.2) is 21.4 Å². The Morgan fingerprint density at radius 3 is 2.57 bits per heavy atom. The van der Waals surface area contributed by atoms with Gasteiger partial charge in [-0.3, -0.25) is 4.79 Å². The first-order valence-electron chi connectivity index (χ1n) is 8.92. The zero-order chi connectivity index (χ0) is 21.3. The van der Waals surface area contributed by atoms with Gasteiger partial charge in [-0.1, -0.05) is 30.3 Å². The van der Waals surface area contributed by atoms with E-state index in [-0.39, 0.29) is 16.5 Å². The van der Waals surface area contributed by atoms with Crippen molar-refractivity contribution in [3.8, 4) is 16.9 Å². The van der Waals surface area contributed by atoms with Crippen molar-refractivity contribution in [2.24, 2.45) is 5.14 Å². The molecule has 0 aliphatic rings. The highest BCUT2D eigenvalue weighted by atomic mass is 32.2. The molecule has 2 heterocycles. The molecule has 0 unspecified atom stereocenters. The number of thiophene rings is 1. The molecular formula is C21H18N2O5S2. The Hall–Kier alpha value is -3.14. The molecule has 154 valence electrons. The Balaban J connectivity index is 1.68. The molecule has 0 saturated heterocycles. The van der Waals surface area contributed by atoms with Crippen LogP contribution in [0.4, 0.5) is 0 Å². The van der Waals surface area contributed by atoms with Crippen LogP contribution in [-0.2, 0) is 16.6 Å². The van der Waals surface area contributed by atoms with Crippen LogP contribution < -0.4 is 15.2 Å². The number of hydrogen-bond donors (Lipinski definition) is 2. The Morgan fingerprint density at radius 2 is 1.90 bits per heavy atom. The first-order chi connectivity index (χ1) is 14.4. The fourth-order valence-corrected chi connectivity index (χ4v) is 4.83. The number of hydrogen-bond acceptors (Lipinski definition) is 6. The second kappa shape index (κ2) is 7.94. The van der Waals surface area contributed by atoms with E-state index in [1.807, 2.05) is 42.5 Å². The first kappa shape index (κ1) is 20.1. The molecule has 0 aliphatic carbocycles. The van der Waals surface area contributed by atoms with Crippen molar-refractivity contribution < 1.29 is 22.4 Å². The van der Waals surface area contributed by atoms with Crippen molar-refractivity contribution in [3.05, 3.63) is 71.3 Å². The van der Waals surface area contributed by atoms with Crippen molar-refractivity contribution in [3.63, 3.8) is 0 Å². The first-order valence-corrected chi connectivity index (χ1v) is 11.3. The highest BCUT2D eigenvalue weighted by Gasteiger charge is 2.22. The van der Waals surface area contributed by atoms with Crippen LogP contribution in [0.1, 0.15) is 15.4 Å². The number of rotatable bonds is 6. The Kier molecular flexibility index (Phi) is 5.33. The molecule has 0 fully saturated rings. The van der Waals surface area contributed by atoms with Crippen molar-refractivity contribution in [2.45, 2.75) is 10.8 Å². The van der Waals surface area contributed by atoms with E-state index in [1.54, 1.807) is 19.2 Å². The molecule has 9 heteroatoms. The lowest BCUT2D eigenvalue weighted by Gasteiger charge is -2.05. The molecular weight excluding hydrogens is 424 g/mol. The summed E-state index contributed by atoms with van der Waals surface area (Å²) in [5.74, 6) is 0.388. The van der Waals surface area contributed by atoms with Crippen LogP contribution in [0.15, 0.2) is 69.3 Å². The van der Waals surface area contributed by atoms with E-state index in [0.717, 1.165) is 22.3 Å². The molecule has 2 aromatic carbocycles. The number of primary sulfonamides is 1. The number of carbonyl (C=O) groups is 1. The maximum atomic E-state index is 13.0. The summed E-state index contributed by atoms with van der Waals surface area (Å²) in [4.78, 5) is 13.6. The lowest BCUT2D eigenvalue weighted by Crippen LogP contribution is -2.22. The molecule has 0 aliphatic heterocycles. The quantitative estimate of drug-likeness (QED) is 0.472. The van der Waals surface area contributed by atoms with E-state index in [4.69, 9.17) is 14.3 Å². The molecule has 4 aromatic rings. The topological polar surface area (TPSA) is 112 Å². The van der Waals surface area contributed by atoms with Crippen molar-refractivity contribution in [1.29, 1.82) is 0 Å². The van der Waals surface area contributed by atoms with Crippen LogP contribution in [0, 0.1) is 0 Å². The lowest BCUT2D eigenvalue weighted by molar-refractivity contribution is 0.0926. The average Bonchev–Trinajstić information content (AvgIpc) is 3.37.